The van der Waals surface area contributed by atoms with Crippen LogP contribution in [0.15, 0.2) is 24.3 Å². The van der Waals surface area contributed by atoms with Crippen molar-refractivity contribution in [2.45, 2.75) is 63.7 Å². The molecule has 1 fully saturated rings. The van der Waals surface area contributed by atoms with Gasteiger partial charge in [-0.2, -0.15) is 26.3 Å². The maximum atomic E-state index is 13.5. The zero-order chi connectivity index (χ0) is 24.1. The van der Waals surface area contributed by atoms with Gasteiger partial charge in [0.2, 0.25) is 0 Å². The third-order valence-corrected chi connectivity index (χ3v) is 5.08. The molecule has 5 nitrogen and oxygen atoms in total. The van der Waals surface area contributed by atoms with Crippen molar-refractivity contribution >= 4 is 17.0 Å². The van der Waals surface area contributed by atoms with E-state index >= 15 is 0 Å². The molecular formula is C21H22F6N2O3. The van der Waals surface area contributed by atoms with Crippen LogP contribution in [0.2, 0.25) is 0 Å². The number of aromatic nitrogens is 1. The number of aliphatic hydroxyl groups is 1. The molecule has 176 valence electrons. The van der Waals surface area contributed by atoms with E-state index < -0.39 is 53.0 Å². The van der Waals surface area contributed by atoms with Crippen LogP contribution in [0.4, 0.5) is 31.1 Å². The maximum Gasteiger partial charge on any atom is 0.433 e. The van der Waals surface area contributed by atoms with Gasteiger partial charge in [0.15, 0.2) is 0 Å². The molecular weight excluding hydrogens is 442 g/mol. The van der Waals surface area contributed by atoms with Gasteiger partial charge in [0, 0.05) is 11.9 Å². The Balaban J connectivity index is 2.14. The van der Waals surface area contributed by atoms with Crippen LogP contribution in [0.1, 0.15) is 56.5 Å². The highest BCUT2D eigenvalue weighted by molar-refractivity contribution is 5.86. The normalized spacial score (nSPS) is 18.8. The first-order valence-corrected chi connectivity index (χ1v) is 9.85. The fourth-order valence-electron chi connectivity index (χ4n) is 3.77. The van der Waals surface area contributed by atoms with E-state index in [0.717, 1.165) is 6.07 Å². The van der Waals surface area contributed by atoms with Crippen LogP contribution in [0.5, 0.6) is 0 Å². The summed E-state index contributed by atoms with van der Waals surface area (Å²) >= 11 is 0. The van der Waals surface area contributed by atoms with Crippen LogP contribution in [0, 0.1) is 0 Å². The molecule has 0 aliphatic carbocycles. The quantitative estimate of drug-likeness (QED) is 0.579. The van der Waals surface area contributed by atoms with Gasteiger partial charge in [-0.25, -0.2) is 9.78 Å². The number of hydrogen-bond donors (Lipinski definition) is 1. The van der Waals surface area contributed by atoms with E-state index in [2.05, 4.69) is 4.98 Å². The fraction of sp³-hybridized carbons (Fsp3) is 0.524. The molecule has 1 saturated heterocycles. The minimum Gasteiger partial charge on any atom is -0.444 e. The summed E-state index contributed by atoms with van der Waals surface area (Å²) in [4.78, 5) is 17.0. The number of pyridine rings is 1. The minimum absolute atomic E-state index is 0.194. The lowest BCUT2D eigenvalue weighted by Gasteiger charge is -2.31. The molecule has 1 aliphatic rings. The largest absolute Gasteiger partial charge is 0.444 e. The standard InChI is InChI=1S/C21H22F6N2O3/c1-19(2,3)32-18(31)29-9-5-8-14(29)17(30)12-10-15(21(25,26)27)28-16-11(12)6-4-7-13(16)20(22,23)24/h4,6-7,10,14,17,30H,5,8-9H2,1-3H3/t14-,17?/m0/s1. The second-order valence-electron chi connectivity index (χ2n) is 8.62. The van der Waals surface area contributed by atoms with Gasteiger partial charge in [-0.1, -0.05) is 12.1 Å². The predicted octanol–water partition coefficient (Wildman–Crippen LogP) is 5.71. The number of aliphatic hydroxyl groups excluding tert-OH is 1. The van der Waals surface area contributed by atoms with Gasteiger partial charge in [0.1, 0.15) is 17.4 Å². The number of halogens is 6. The van der Waals surface area contributed by atoms with E-state index in [1.54, 1.807) is 20.8 Å². The lowest BCUT2D eigenvalue weighted by atomic mass is 9.94. The smallest absolute Gasteiger partial charge is 0.433 e. The van der Waals surface area contributed by atoms with Crippen molar-refractivity contribution in [2.75, 3.05) is 6.54 Å². The van der Waals surface area contributed by atoms with E-state index in [9.17, 15) is 36.2 Å². The molecule has 1 amide bonds. The number of alkyl halides is 6. The highest BCUT2D eigenvalue weighted by atomic mass is 19.4. The molecule has 0 bridgehead atoms. The Hall–Kier alpha value is -2.56. The summed E-state index contributed by atoms with van der Waals surface area (Å²) < 4.78 is 86.0. The molecule has 1 aromatic heterocycles. The monoisotopic (exact) mass is 464 g/mol. The van der Waals surface area contributed by atoms with Crippen molar-refractivity contribution in [1.29, 1.82) is 0 Å². The zero-order valence-electron chi connectivity index (χ0n) is 17.5. The summed E-state index contributed by atoms with van der Waals surface area (Å²) in [6.07, 6.45) is -11.7. The molecule has 1 N–H and O–H groups in total. The van der Waals surface area contributed by atoms with E-state index in [1.165, 1.54) is 11.0 Å². The van der Waals surface area contributed by atoms with Crippen LogP contribution in [-0.4, -0.2) is 39.3 Å². The first kappa shape index (κ1) is 24.1. The molecule has 3 rings (SSSR count). The van der Waals surface area contributed by atoms with Crippen molar-refractivity contribution in [3.05, 3.63) is 41.1 Å². The molecule has 2 atom stereocenters. The Kier molecular flexibility index (Phi) is 6.09. The summed E-state index contributed by atoms with van der Waals surface area (Å²) in [6, 6.07) is 2.41. The van der Waals surface area contributed by atoms with Crippen molar-refractivity contribution in [2.24, 2.45) is 0 Å². The third kappa shape index (κ3) is 4.92. The number of para-hydroxylation sites is 1. The van der Waals surface area contributed by atoms with E-state index in [-0.39, 0.29) is 23.9 Å². The van der Waals surface area contributed by atoms with Crippen molar-refractivity contribution in [3.8, 4) is 0 Å². The van der Waals surface area contributed by atoms with Crippen LogP contribution in [-0.2, 0) is 17.1 Å². The van der Waals surface area contributed by atoms with Crippen LogP contribution >= 0.6 is 0 Å². The molecule has 0 radical (unpaired) electrons. The molecule has 32 heavy (non-hydrogen) atoms. The summed E-state index contributed by atoms with van der Waals surface area (Å²) in [5.74, 6) is 0. The molecule has 2 aromatic rings. The third-order valence-electron chi connectivity index (χ3n) is 5.08. The topological polar surface area (TPSA) is 62.7 Å². The van der Waals surface area contributed by atoms with Crippen molar-refractivity contribution < 1.29 is 41.0 Å². The highest BCUT2D eigenvalue weighted by Gasteiger charge is 2.41. The first-order valence-electron chi connectivity index (χ1n) is 9.85. The summed E-state index contributed by atoms with van der Waals surface area (Å²) in [5.41, 5.74) is -5.04. The number of rotatable bonds is 2. The number of amides is 1. The lowest BCUT2D eigenvalue weighted by Crippen LogP contribution is -2.42. The van der Waals surface area contributed by atoms with Gasteiger partial charge in [-0.3, -0.25) is 0 Å². The average Bonchev–Trinajstić information content (AvgIpc) is 3.13. The van der Waals surface area contributed by atoms with Crippen molar-refractivity contribution in [1.82, 2.24) is 9.88 Å². The number of nitrogens with zero attached hydrogens (tertiary/aromatic N) is 2. The van der Waals surface area contributed by atoms with Gasteiger partial charge in [0.25, 0.3) is 0 Å². The fourth-order valence-corrected chi connectivity index (χ4v) is 3.77. The molecule has 2 heterocycles. The van der Waals surface area contributed by atoms with Crippen LogP contribution < -0.4 is 0 Å². The molecule has 0 spiro atoms. The van der Waals surface area contributed by atoms with Gasteiger partial charge in [-0.05, 0) is 51.3 Å². The van der Waals surface area contributed by atoms with Crippen molar-refractivity contribution in [3.63, 3.8) is 0 Å². The number of likely N-dealkylation sites (tertiary alicyclic amines) is 1. The minimum atomic E-state index is -5.04. The summed E-state index contributed by atoms with van der Waals surface area (Å²) in [5, 5.41) is 10.7. The van der Waals surface area contributed by atoms with Gasteiger partial charge in [-0.15, -0.1) is 0 Å². The van der Waals surface area contributed by atoms with Crippen LogP contribution in [0.25, 0.3) is 10.9 Å². The second kappa shape index (κ2) is 8.09. The number of hydrogen-bond acceptors (Lipinski definition) is 4. The predicted molar refractivity (Wildman–Crippen MR) is 103 cm³/mol. The number of fused-ring (bicyclic) bond motifs is 1. The Morgan fingerprint density at radius 3 is 2.38 bits per heavy atom. The molecule has 1 aliphatic heterocycles. The summed E-state index contributed by atoms with van der Waals surface area (Å²) in [7, 11) is 0. The Morgan fingerprint density at radius 1 is 1.16 bits per heavy atom. The summed E-state index contributed by atoms with van der Waals surface area (Å²) in [6.45, 7) is 5.10. The Morgan fingerprint density at radius 2 is 1.81 bits per heavy atom. The second-order valence-corrected chi connectivity index (χ2v) is 8.62. The Labute approximate surface area is 180 Å². The van der Waals surface area contributed by atoms with Gasteiger partial charge < -0.3 is 14.7 Å². The molecule has 11 heteroatoms. The number of benzene rings is 1. The van der Waals surface area contributed by atoms with Gasteiger partial charge in [0.05, 0.1) is 17.1 Å². The number of carbonyl (C=O) groups excluding carboxylic acids is 1. The average molecular weight is 464 g/mol. The molecule has 1 unspecified atom stereocenters. The number of ether oxygens (including phenoxy) is 1. The highest BCUT2D eigenvalue weighted by Crippen LogP contribution is 2.41. The van der Waals surface area contributed by atoms with Crippen LogP contribution in [0.3, 0.4) is 0 Å². The van der Waals surface area contributed by atoms with E-state index in [1.807, 2.05) is 0 Å². The van der Waals surface area contributed by atoms with E-state index in [4.69, 9.17) is 4.74 Å². The first-order chi connectivity index (χ1) is 14.6. The zero-order valence-corrected chi connectivity index (χ0v) is 17.5. The molecule has 1 aromatic carbocycles. The Bertz CT molecular complexity index is 1010. The molecule has 0 saturated carbocycles. The SMILES string of the molecule is CC(C)(C)OC(=O)N1CCC[C@H]1C(O)c1cc(C(F)(F)F)nc2c(C(F)(F)F)cccc12. The number of carbonyl (C=O) groups is 1. The maximum absolute atomic E-state index is 13.5. The lowest BCUT2D eigenvalue weighted by molar-refractivity contribution is -0.142. The van der Waals surface area contributed by atoms with E-state index in [0.29, 0.717) is 18.6 Å². The van der Waals surface area contributed by atoms with Gasteiger partial charge >= 0.3 is 18.4 Å².